The lowest BCUT2D eigenvalue weighted by atomic mass is 9.79. The summed E-state index contributed by atoms with van der Waals surface area (Å²) in [5.74, 6) is 0. The van der Waals surface area contributed by atoms with E-state index in [0.29, 0.717) is 0 Å². The second-order valence-corrected chi connectivity index (χ2v) is 11.3. The van der Waals surface area contributed by atoms with E-state index in [2.05, 4.69) is 69.6 Å². The highest BCUT2D eigenvalue weighted by molar-refractivity contribution is 9.10. The number of hydrogen-bond donors (Lipinski definition) is 0. The van der Waals surface area contributed by atoms with Crippen molar-refractivity contribution in [3.05, 3.63) is 81.6 Å². The highest BCUT2D eigenvalue weighted by Crippen LogP contribution is 2.36. The molecule has 1 saturated heterocycles. The van der Waals surface area contributed by atoms with Crippen LogP contribution in [0.3, 0.4) is 0 Å². The lowest BCUT2D eigenvalue weighted by Crippen LogP contribution is -2.41. The molecule has 1 aliphatic heterocycles. The van der Waals surface area contributed by atoms with Gasteiger partial charge in [-0.3, -0.25) is 9.98 Å². The lowest BCUT2D eigenvalue weighted by Gasteiger charge is -2.32. The van der Waals surface area contributed by atoms with E-state index in [9.17, 15) is 0 Å². The molecule has 0 bridgehead atoms. The van der Waals surface area contributed by atoms with Crippen LogP contribution in [0, 0.1) is 13.8 Å². The first kappa shape index (κ1) is 26.5. The molecule has 4 rings (SSSR count). The summed E-state index contributed by atoms with van der Waals surface area (Å²) in [6.07, 6.45) is 0. The van der Waals surface area contributed by atoms with Crippen LogP contribution < -0.4 is 5.46 Å². The van der Waals surface area contributed by atoms with E-state index >= 15 is 0 Å². The van der Waals surface area contributed by atoms with Crippen LogP contribution in [0.25, 0.3) is 0 Å². The maximum atomic E-state index is 6.16. The van der Waals surface area contributed by atoms with Gasteiger partial charge >= 0.3 is 7.12 Å². The summed E-state index contributed by atoms with van der Waals surface area (Å²) in [5.41, 5.74) is 7.70. The van der Waals surface area contributed by atoms with Crippen molar-refractivity contribution >= 4 is 51.3 Å². The fraction of sp³-hybridized carbons (Fsp3) is 0.345. The van der Waals surface area contributed by atoms with Crippen molar-refractivity contribution in [2.75, 3.05) is 0 Å². The van der Waals surface area contributed by atoms with Crippen molar-refractivity contribution in [2.24, 2.45) is 9.98 Å². The predicted molar refractivity (Wildman–Crippen MR) is 154 cm³/mol. The number of pyridine rings is 1. The van der Waals surface area contributed by atoms with Gasteiger partial charge in [-0.15, -0.1) is 0 Å². The number of rotatable bonds is 5. The smallest absolute Gasteiger partial charge is 0.399 e. The van der Waals surface area contributed by atoms with Crippen LogP contribution in [-0.4, -0.2) is 34.7 Å². The molecule has 0 N–H and O–H groups in total. The highest BCUT2D eigenvalue weighted by atomic mass is 79.9. The van der Waals surface area contributed by atoms with Gasteiger partial charge in [0.15, 0.2) is 0 Å². The van der Waals surface area contributed by atoms with Gasteiger partial charge in [0.25, 0.3) is 0 Å². The van der Waals surface area contributed by atoms with Gasteiger partial charge in [-0.2, -0.15) is 0 Å². The summed E-state index contributed by atoms with van der Waals surface area (Å²) in [4.78, 5) is 14.5. The number of nitrogens with zero attached hydrogens (tertiary/aromatic N) is 3. The van der Waals surface area contributed by atoms with Gasteiger partial charge in [-0.05, 0) is 108 Å². The Hall–Kier alpha value is -2.61. The molecular formula is C29H33BBrN3O2. The number of halogens is 1. The maximum absolute atomic E-state index is 6.16. The molecular weight excluding hydrogens is 513 g/mol. The molecule has 0 aliphatic carbocycles. The minimum atomic E-state index is -0.382. The first-order valence-electron chi connectivity index (χ1n) is 12.2. The Balaban J connectivity index is 1.54. The standard InChI is InChI=1S/C29H33BBrN3O2/c1-18-16-23(31)17-19(2)27(18)33-21(4)26-11-9-10-25(34-26)20(3)32-24-14-12-22(13-15-24)30-35-28(5,6)29(7,8)36-30/h9-17H,1-8H3. The van der Waals surface area contributed by atoms with Gasteiger partial charge in [-0.25, -0.2) is 4.98 Å². The van der Waals surface area contributed by atoms with Gasteiger partial charge in [0.05, 0.1) is 45.4 Å². The van der Waals surface area contributed by atoms with Crippen molar-refractivity contribution < 1.29 is 9.31 Å². The molecule has 186 valence electrons. The van der Waals surface area contributed by atoms with Crippen LogP contribution in [0.5, 0.6) is 0 Å². The summed E-state index contributed by atoms with van der Waals surface area (Å²) in [7, 11) is -0.382. The van der Waals surface area contributed by atoms with E-state index < -0.39 is 0 Å². The molecule has 3 aromatic rings. The molecule has 0 atom stereocenters. The van der Waals surface area contributed by atoms with Gasteiger partial charge in [0.2, 0.25) is 0 Å². The third-order valence-electron chi connectivity index (χ3n) is 6.94. The average molecular weight is 546 g/mol. The van der Waals surface area contributed by atoms with Gasteiger partial charge in [-0.1, -0.05) is 34.1 Å². The molecule has 7 heteroatoms. The van der Waals surface area contributed by atoms with Crippen LogP contribution in [-0.2, 0) is 9.31 Å². The quantitative estimate of drug-likeness (QED) is 0.255. The van der Waals surface area contributed by atoms with Gasteiger partial charge < -0.3 is 9.31 Å². The van der Waals surface area contributed by atoms with Crippen molar-refractivity contribution in [3.8, 4) is 0 Å². The Morgan fingerprint density at radius 1 is 0.806 bits per heavy atom. The molecule has 0 radical (unpaired) electrons. The number of aliphatic imine (C=N–C) groups is 2. The SMILES string of the molecule is CC(=Nc1ccc(B2OC(C)(C)C(C)(C)O2)cc1)c1cccc(C(C)=Nc2c(C)cc(Br)cc2C)n1. The zero-order valence-corrected chi connectivity index (χ0v) is 23.9. The average Bonchev–Trinajstić information content (AvgIpc) is 3.03. The third-order valence-corrected chi connectivity index (χ3v) is 7.40. The topological polar surface area (TPSA) is 56.1 Å². The van der Waals surface area contributed by atoms with Gasteiger partial charge in [0.1, 0.15) is 0 Å². The Morgan fingerprint density at radius 2 is 1.31 bits per heavy atom. The summed E-state index contributed by atoms with van der Waals surface area (Å²) in [6, 6.07) is 18.1. The molecule has 0 unspecified atom stereocenters. The maximum Gasteiger partial charge on any atom is 0.494 e. The molecule has 1 fully saturated rings. The predicted octanol–water partition coefficient (Wildman–Crippen LogP) is 7.04. The molecule has 2 heterocycles. The number of aromatic nitrogens is 1. The molecule has 2 aromatic carbocycles. The van der Waals surface area contributed by atoms with E-state index in [1.165, 1.54) is 0 Å². The van der Waals surface area contributed by atoms with Crippen LogP contribution in [0.2, 0.25) is 0 Å². The molecule has 0 saturated carbocycles. The van der Waals surface area contributed by atoms with Crippen molar-refractivity contribution in [1.29, 1.82) is 0 Å². The van der Waals surface area contributed by atoms with Crippen molar-refractivity contribution in [1.82, 2.24) is 4.98 Å². The molecule has 36 heavy (non-hydrogen) atoms. The summed E-state index contributed by atoms with van der Waals surface area (Å²) < 4.78 is 13.4. The second-order valence-electron chi connectivity index (χ2n) is 10.4. The molecule has 0 amide bonds. The Morgan fingerprint density at radius 3 is 1.83 bits per heavy atom. The van der Waals surface area contributed by atoms with E-state index in [0.717, 1.165) is 55.2 Å². The van der Waals surface area contributed by atoms with E-state index in [4.69, 9.17) is 24.3 Å². The first-order chi connectivity index (χ1) is 16.9. The summed E-state index contributed by atoms with van der Waals surface area (Å²) in [6.45, 7) is 16.4. The zero-order chi connectivity index (χ0) is 26.3. The Labute approximate surface area is 223 Å². The minimum absolute atomic E-state index is 0.363. The van der Waals surface area contributed by atoms with E-state index in [1.807, 2.05) is 56.3 Å². The van der Waals surface area contributed by atoms with Crippen LogP contribution in [0.1, 0.15) is 64.1 Å². The second kappa shape index (κ2) is 10.0. The fourth-order valence-corrected chi connectivity index (χ4v) is 4.76. The zero-order valence-electron chi connectivity index (χ0n) is 22.3. The number of hydrogen-bond acceptors (Lipinski definition) is 5. The monoisotopic (exact) mass is 545 g/mol. The number of benzene rings is 2. The minimum Gasteiger partial charge on any atom is -0.399 e. The molecule has 0 spiro atoms. The summed E-state index contributed by atoms with van der Waals surface area (Å²) >= 11 is 3.55. The van der Waals surface area contributed by atoms with E-state index in [1.54, 1.807) is 0 Å². The van der Waals surface area contributed by atoms with E-state index in [-0.39, 0.29) is 18.3 Å². The van der Waals surface area contributed by atoms with Gasteiger partial charge in [0, 0.05) is 4.47 Å². The summed E-state index contributed by atoms with van der Waals surface area (Å²) in [5, 5.41) is 0. The fourth-order valence-electron chi connectivity index (χ4n) is 4.08. The highest BCUT2D eigenvalue weighted by Gasteiger charge is 2.51. The molecule has 1 aliphatic rings. The van der Waals surface area contributed by atoms with Crippen molar-refractivity contribution in [3.63, 3.8) is 0 Å². The van der Waals surface area contributed by atoms with Crippen LogP contribution >= 0.6 is 15.9 Å². The van der Waals surface area contributed by atoms with Crippen molar-refractivity contribution in [2.45, 2.75) is 66.6 Å². The van der Waals surface area contributed by atoms with Crippen LogP contribution in [0.4, 0.5) is 11.4 Å². The Bertz CT molecular complexity index is 1310. The third kappa shape index (κ3) is 5.53. The lowest BCUT2D eigenvalue weighted by molar-refractivity contribution is 0.00578. The number of aryl methyl sites for hydroxylation is 2. The first-order valence-corrected chi connectivity index (χ1v) is 13.0. The normalized spacial score (nSPS) is 17.5. The Kier molecular flexibility index (Phi) is 7.38. The molecule has 5 nitrogen and oxygen atoms in total. The largest absolute Gasteiger partial charge is 0.494 e. The van der Waals surface area contributed by atoms with Crippen LogP contribution in [0.15, 0.2) is 69.1 Å². The molecule has 1 aromatic heterocycles.